The van der Waals surface area contributed by atoms with E-state index in [0.717, 1.165) is 0 Å². The second kappa shape index (κ2) is 13.7. The van der Waals surface area contributed by atoms with Gasteiger partial charge in [-0.05, 0) is 26.7 Å². The Kier molecular flexibility index (Phi) is 17.0. The molecule has 0 aliphatic carbocycles. The second-order valence-corrected chi connectivity index (χ2v) is 4.37. The fourth-order valence-corrected chi connectivity index (χ4v) is 1.24. The van der Waals surface area contributed by atoms with Gasteiger partial charge >= 0.3 is 0 Å². The van der Waals surface area contributed by atoms with Crippen molar-refractivity contribution < 1.29 is 14.0 Å². The predicted octanol–water partition coefficient (Wildman–Crippen LogP) is 0.187. The zero-order chi connectivity index (χ0) is 14.1. The van der Waals surface area contributed by atoms with Crippen molar-refractivity contribution in [1.82, 2.24) is 10.6 Å². The van der Waals surface area contributed by atoms with Gasteiger partial charge in [0.05, 0.1) is 18.1 Å². The minimum Gasteiger partial charge on any atom is -0.355 e. The van der Waals surface area contributed by atoms with E-state index in [4.69, 9.17) is 11.5 Å². The third-order valence-electron chi connectivity index (χ3n) is 2.39. The number of hydrogen-bond donors (Lipinski definition) is 4. The molecule has 20 heavy (non-hydrogen) atoms. The van der Waals surface area contributed by atoms with Gasteiger partial charge in [-0.3, -0.25) is 9.59 Å². The Morgan fingerprint density at radius 3 is 2.00 bits per heavy atom. The molecule has 3 atom stereocenters. The summed E-state index contributed by atoms with van der Waals surface area (Å²) in [5.74, 6) is -0.622. The first-order valence-corrected chi connectivity index (χ1v) is 6.03. The molecule has 0 saturated heterocycles. The summed E-state index contributed by atoms with van der Waals surface area (Å²) in [5, 5.41) is 5.11. The van der Waals surface area contributed by atoms with Crippen LogP contribution < -0.4 is 22.1 Å². The van der Waals surface area contributed by atoms with Gasteiger partial charge in [-0.25, -0.2) is 4.39 Å². The SMILES string of the molecule is Br.Br.CC(N)C(=O)NCCCC(CF)NC(=O)C(C)N. The molecule has 0 fully saturated rings. The monoisotopic (exact) mass is 422 g/mol. The van der Waals surface area contributed by atoms with E-state index in [1.165, 1.54) is 6.92 Å². The van der Waals surface area contributed by atoms with Crippen LogP contribution in [0.5, 0.6) is 0 Å². The molecule has 0 aliphatic rings. The highest BCUT2D eigenvalue weighted by Crippen LogP contribution is 1.98. The van der Waals surface area contributed by atoms with Gasteiger partial charge < -0.3 is 22.1 Å². The normalized spacial score (nSPS) is 14.1. The fourth-order valence-electron chi connectivity index (χ4n) is 1.24. The maximum atomic E-state index is 12.6. The number of carbonyl (C=O) groups is 2. The molecule has 0 heterocycles. The Labute approximate surface area is 140 Å². The minimum atomic E-state index is -0.656. The number of halogens is 3. The van der Waals surface area contributed by atoms with Crippen molar-refractivity contribution in [3.05, 3.63) is 0 Å². The smallest absolute Gasteiger partial charge is 0.236 e. The van der Waals surface area contributed by atoms with Crippen molar-refractivity contribution >= 4 is 45.8 Å². The highest BCUT2D eigenvalue weighted by molar-refractivity contribution is 8.93. The lowest BCUT2D eigenvalue weighted by Gasteiger charge is -2.17. The predicted molar refractivity (Wildman–Crippen MR) is 88.1 cm³/mol. The Morgan fingerprint density at radius 1 is 1.10 bits per heavy atom. The molecule has 0 rings (SSSR count). The van der Waals surface area contributed by atoms with E-state index in [0.29, 0.717) is 19.4 Å². The summed E-state index contributed by atoms with van der Waals surface area (Å²) >= 11 is 0. The first kappa shape index (κ1) is 24.7. The first-order chi connectivity index (χ1) is 8.38. The number of nitrogens with two attached hydrogens (primary N) is 2. The van der Waals surface area contributed by atoms with Gasteiger partial charge in [0.15, 0.2) is 0 Å². The standard InChI is InChI=1S/C11H23FN4O2.2BrH/c1-7(13)10(17)15-5-3-4-9(6-12)16-11(18)8(2)14;;/h7-9H,3-6,13-14H2,1-2H3,(H,15,17)(H,16,18);2*1H. The second-order valence-electron chi connectivity index (χ2n) is 4.37. The zero-order valence-corrected chi connectivity index (χ0v) is 15.2. The van der Waals surface area contributed by atoms with Crippen LogP contribution in [0.15, 0.2) is 0 Å². The summed E-state index contributed by atoms with van der Waals surface area (Å²) < 4.78 is 12.6. The molecular weight excluding hydrogens is 399 g/mol. The van der Waals surface area contributed by atoms with Gasteiger partial charge in [0.25, 0.3) is 0 Å². The van der Waals surface area contributed by atoms with Gasteiger partial charge in [0, 0.05) is 6.54 Å². The lowest BCUT2D eigenvalue weighted by atomic mass is 10.1. The van der Waals surface area contributed by atoms with E-state index < -0.39 is 24.8 Å². The van der Waals surface area contributed by atoms with E-state index >= 15 is 0 Å². The van der Waals surface area contributed by atoms with Crippen LogP contribution in [0.4, 0.5) is 4.39 Å². The Balaban J connectivity index is -0.00000144. The largest absolute Gasteiger partial charge is 0.355 e. The number of alkyl halides is 1. The summed E-state index contributed by atoms with van der Waals surface area (Å²) in [7, 11) is 0. The summed E-state index contributed by atoms with van der Waals surface area (Å²) in [5.41, 5.74) is 10.7. The molecule has 6 N–H and O–H groups in total. The number of carbonyl (C=O) groups excluding carboxylic acids is 2. The van der Waals surface area contributed by atoms with Crippen molar-refractivity contribution in [3.63, 3.8) is 0 Å². The summed E-state index contributed by atoms with van der Waals surface area (Å²) in [6.45, 7) is 2.88. The van der Waals surface area contributed by atoms with Crippen molar-refractivity contribution in [2.45, 2.75) is 44.8 Å². The third-order valence-corrected chi connectivity index (χ3v) is 2.39. The zero-order valence-electron chi connectivity index (χ0n) is 11.7. The maximum absolute atomic E-state index is 12.6. The molecule has 0 bridgehead atoms. The van der Waals surface area contributed by atoms with Gasteiger partial charge in [0.1, 0.15) is 6.67 Å². The van der Waals surface area contributed by atoms with Gasteiger partial charge in [-0.2, -0.15) is 0 Å². The topological polar surface area (TPSA) is 110 Å². The third kappa shape index (κ3) is 11.6. The summed E-state index contributed by atoms with van der Waals surface area (Å²) in [6.07, 6.45) is 1.00. The molecule has 122 valence electrons. The molecule has 0 aromatic heterocycles. The molecule has 0 aliphatic heterocycles. The van der Waals surface area contributed by atoms with Crippen LogP contribution >= 0.6 is 34.0 Å². The van der Waals surface area contributed by atoms with Crippen LogP contribution in [0, 0.1) is 0 Å². The average molecular weight is 424 g/mol. The molecule has 0 radical (unpaired) electrons. The molecule has 0 aromatic carbocycles. The molecule has 2 amide bonds. The van der Waals surface area contributed by atoms with E-state index in [-0.39, 0.29) is 45.8 Å². The van der Waals surface area contributed by atoms with Crippen molar-refractivity contribution in [2.75, 3.05) is 13.2 Å². The number of hydrogen-bond acceptors (Lipinski definition) is 4. The van der Waals surface area contributed by atoms with Crippen LogP contribution in [0.1, 0.15) is 26.7 Å². The summed E-state index contributed by atoms with van der Waals surface area (Å²) in [4.78, 5) is 22.4. The number of amides is 2. The maximum Gasteiger partial charge on any atom is 0.236 e. The van der Waals surface area contributed by atoms with Crippen LogP contribution in [-0.4, -0.2) is 43.2 Å². The van der Waals surface area contributed by atoms with Crippen molar-refractivity contribution in [2.24, 2.45) is 11.5 Å². The minimum absolute atomic E-state index is 0. The van der Waals surface area contributed by atoms with E-state index in [1.54, 1.807) is 6.92 Å². The van der Waals surface area contributed by atoms with Crippen molar-refractivity contribution in [1.29, 1.82) is 0 Å². The van der Waals surface area contributed by atoms with Gasteiger partial charge in [-0.15, -0.1) is 34.0 Å². The Morgan fingerprint density at radius 2 is 1.60 bits per heavy atom. The number of nitrogens with one attached hydrogen (secondary N) is 2. The lowest BCUT2D eigenvalue weighted by molar-refractivity contribution is -0.123. The molecule has 6 nitrogen and oxygen atoms in total. The average Bonchev–Trinajstić information content (AvgIpc) is 2.31. The van der Waals surface area contributed by atoms with Crippen LogP contribution in [-0.2, 0) is 9.59 Å². The van der Waals surface area contributed by atoms with Gasteiger partial charge in [-0.1, -0.05) is 0 Å². The van der Waals surface area contributed by atoms with Crippen molar-refractivity contribution in [3.8, 4) is 0 Å². The van der Waals surface area contributed by atoms with Gasteiger partial charge in [0.2, 0.25) is 11.8 Å². The molecule has 3 unspecified atom stereocenters. The Bertz CT molecular complexity index is 281. The molecular formula is C11H25Br2FN4O2. The highest BCUT2D eigenvalue weighted by Gasteiger charge is 2.14. The molecule has 0 saturated carbocycles. The van der Waals surface area contributed by atoms with E-state index in [2.05, 4.69) is 10.6 Å². The van der Waals surface area contributed by atoms with E-state index in [9.17, 15) is 14.0 Å². The molecule has 0 spiro atoms. The van der Waals surface area contributed by atoms with Crippen LogP contribution in [0.2, 0.25) is 0 Å². The fraction of sp³-hybridized carbons (Fsp3) is 0.818. The molecule has 0 aromatic rings. The lowest BCUT2D eigenvalue weighted by Crippen LogP contribution is -2.45. The van der Waals surface area contributed by atoms with Crippen LogP contribution in [0.25, 0.3) is 0 Å². The van der Waals surface area contributed by atoms with E-state index in [1.807, 2.05) is 0 Å². The first-order valence-electron chi connectivity index (χ1n) is 6.03. The quantitative estimate of drug-likeness (QED) is 0.417. The Hall–Kier alpha value is -0.250. The highest BCUT2D eigenvalue weighted by atomic mass is 79.9. The summed E-state index contributed by atoms with van der Waals surface area (Å²) in [6, 6.07) is -1.77. The number of rotatable bonds is 8. The van der Waals surface area contributed by atoms with Crippen LogP contribution in [0.3, 0.4) is 0 Å². The molecule has 9 heteroatoms.